The summed E-state index contributed by atoms with van der Waals surface area (Å²) in [5.41, 5.74) is 2.46. The van der Waals surface area contributed by atoms with Crippen LogP contribution in [-0.2, 0) is 25.8 Å². The van der Waals surface area contributed by atoms with Gasteiger partial charge in [0.2, 0.25) is 0 Å². The van der Waals surface area contributed by atoms with Crippen LogP contribution >= 0.6 is 0 Å². The maximum atomic E-state index is 13.7. The molecular weight excluding hydrogens is 471 g/mol. The molecule has 0 aliphatic heterocycles. The highest BCUT2D eigenvalue weighted by Crippen LogP contribution is 2.31. The Morgan fingerprint density at radius 1 is 1.03 bits per heavy atom. The Morgan fingerprint density at radius 3 is 2.42 bits per heavy atom. The second-order valence-electron chi connectivity index (χ2n) is 8.51. The highest BCUT2D eigenvalue weighted by Gasteiger charge is 2.39. The number of carbonyl (C=O) groups excluding carboxylic acids is 1. The van der Waals surface area contributed by atoms with E-state index in [2.05, 4.69) is 25.5 Å². The number of hydrogen-bond acceptors (Lipinski definition) is 4. The van der Waals surface area contributed by atoms with Gasteiger partial charge in [-0.05, 0) is 41.3 Å². The van der Waals surface area contributed by atoms with Gasteiger partial charge in [0.1, 0.15) is 5.65 Å². The number of alkyl halides is 3. The minimum absolute atomic E-state index is 0.0510. The summed E-state index contributed by atoms with van der Waals surface area (Å²) >= 11 is 0. The van der Waals surface area contributed by atoms with Crippen molar-refractivity contribution in [1.82, 2.24) is 34.8 Å². The molecule has 0 unspecified atom stereocenters. The normalized spacial score (nSPS) is 11.8. The summed E-state index contributed by atoms with van der Waals surface area (Å²) in [5.74, 6) is -0.848. The van der Waals surface area contributed by atoms with Crippen LogP contribution in [0.3, 0.4) is 0 Å². The summed E-state index contributed by atoms with van der Waals surface area (Å²) in [7, 11) is 0. The highest BCUT2D eigenvalue weighted by molar-refractivity contribution is 5.95. The van der Waals surface area contributed by atoms with E-state index in [-0.39, 0.29) is 13.1 Å². The van der Waals surface area contributed by atoms with Crippen LogP contribution in [0, 0.1) is 6.92 Å². The first-order valence-corrected chi connectivity index (χ1v) is 11.2. The molecule has 5 aromatic rings. The molecule has 4 aromatic heterocycles. The van der Waals surface area contributed by atoms with Gasteiger partial charge in [0.15, 0.2) is 5.69 Å². The van der Waals surface area contributed by atoms with Crippen LogP contribution in [0.5, 0.6) is 0 Å². The number of hydrogen-bond donors (Lipinski definition) is 2. The summed E-state index contributed by atoms with van der Waals surface area (Å²) in [6.45, 7) is 2.69. The first-order valence-electron chi connectivity index (χ1n) is 11.2. The second kappa shape index (κ2) is 9.33. The van der Waals surface area contributed by atoms with Gasteiger partial charge in [-0.2, -0.15) is 23.4 Å². The largest absolute Gasteiger partial charge is 0.435 e. The lowest BCUT2D eigenvalue weighted by atomic mass is 10.1. The zero-order valence-corrected chi connectivity index (χ0v) is 19.3. The fourth-order valence-corrected chi connectivity index (χ4v) is 4.00. The van der Waals surface area contributed by atoms with Crippen LogP contribution in [0.25, 0.3) is 11.0 Å². The van der Waals surface area contributed by atoms with Gasteiger partial charge in [-0.15, -0.1) is 0 Å². The van der Waals surface area contributed by atoms with E-state index in [1.807, 2.05) is 42.1 Å². The summed E-state index contributed by atoms with van der Waals surface area (Å²) in [4.78, 5) is 19.9. The molecule has 1 amide bonds. The summed E-state index contributed by atoms with van der Waals surface area (Å²) in [6.07, 6.45) is 3.35. The molecule has 0 saturated carbocycles. The summed E-state index contributed by atoms with van der Waals surface area (Å²) < 4.78 is 44.0. The van der Waals surface area contributed by atoms with Gasteiger partial charge >= 0.3 is 6.18 Å². The first kappa shape index (κ1) is 23.3. The standard InChI is InChI=1S/C25H22F3N7O/c1-16-10-32-34(12-16)13-17-2-4-18(5-3-17)14-35-15-21(22(33-35)25(26,27)28)24(36)31-11-19-6-8-29-23-20(19)7-9-30-23/h2-10,12,15H,11,13-14H2,1H3,(H,29,30)(H,31,36). The van der Waals surface area contributed by atoms with Crippen LogP contribution in [0.2, 0.25) is 0 Å². The number of pyridine rings is 1. The lowest BCUT2D eigenvalue weighted by Crippen LogP contribution is -2.25. The van der Waals surface area contributed by atoms with Crippen molar-refractivity contribution in [3.05, 3.63) is 101 Å². The van der Waals surface area contributed by atoms with Gasteiger partial charge in [-0.25, -0.2) is 4.98 Å². The van der Waals surface area contributed by atoms with E-state index < -0.39 is 23.3 Å². The number of aromatic nitrogens is 6. The molecule has 0 radical (unpaired) electrons. The SMILES string of the molecule is Cc1cnn(Cc2ccc(Cn3cc(C(=O)NCc4ccnc5[nH]ccc45)c(C(F)(F)F)n3)cc2)c1. The number of aromatic amines is 1. The quantitative estimate of drug-likeness (QED) is 0.353. The number of H-pyrrole nitrogens is 1. The molecule has 0 atom stereocenters. The van der Waals surface area contributed by atoms with Crippen molar-refractivity contribution >= 4 is 16.9 Å². The van der Waals surface area contributed by atoms with Crippen LogP contribution < -0.4 is 5.32 Å². The van der Waals surface area contributed by atoms with E-state index in [0.717, 1.165) is 38.5 Å². The Labute approximate surface area is 203 Å². The van der Waals surface area contributed by atoms with E-state index >= 15 is 0 Å². The molecule has 184 valence electrons. The van der Waals surface area contributed by atoms with E-state index in [1.54, 1.807) is 30.7 Å². The van der Waals surface area contributed by atoms with Crippen molar-refractivity contribution in [2.75, 3.05) is 0 Å². The zero-order valence-electron chi connectivity index (χ0n) is 19.3. The molecule has 0 saturated heterocycles. The molecule has 1 aromatic carbocycles. The number of benzene rings is 1. The zero-order chi connectivity index (χ0) is 25.3. The summed E-state index contributed by atoms with van der Waals surface area (Å²) in [6, 6.07) is 10.9. The maximum absolute atomic E-state index is 13.7. The van der Waals surface area contributed by atoms with Gasteiger partial charge in [0, 0.05) is 36.7 Å². The Bertz CT molecular complexity index is 1510. The van der Waals surface area contributed by atoms with E-state index in [4.69, 9.17) is 0 Å². The van der Waals surface area contributed by atoms with Crippen LogP contribution in [0.4, 0.5) is 13.2 Å². The third-order valence-electron chi connectivity index (χ3n) is 5.74. The topological polar surface area (TPSA) is 93.4 Å². The van der Waals surface area contributed by atoms with Crippen LogP contribution in [0.1, 0.15) is 38.3 Å². The maximum Gasteiger partial charge on any atom is 0.435 e. The molecule has 0 fully saturated rings. The highest BCUT2D eigenvalue weighted by atomic mass is 19.4. The second-order valence-corrected chi connectivity index (χ2v) is 8.51. The fraction of sp³-hybridized carbons (Fsp3) is 0.200. The van der Waals surface area contributed by atoms with Crippen LogP contribution in [-0.4, -0.2) is 35.4 Å². The van der Waals surface area contributed by atoms with Crippen molar-refractivity contribution in [3.63, 3.8) is 0 Å². The molecule has 4 heterocycles. The minimum atomic E-state index is -4.77. The smallest absolute Gasteiger partial charge is 0.348 e. The average Bonchev–Trinajstić information content (AvgIpc) is 3.58. The molecule has 0 bridgehead atoms. The number of nitrogens with one attached hydrogen (secondary N) is 2. The van der Waals surface area contributed by atoms with Crippen molar-refractivity contribution in [3.8, 4) is 0 Å². The molecule has 5 rings (SSSR count). The Morgan fingerprint density at radius 2 is 1.75 bits per heavy atom. The predicted octanol–water partition coefficient (Wildman–Crippen LogP) is 4.31. The van der Waals surface area contributed by atoms with Gasteiger partial charge in [-0.1, -0.05) is 24.3 Å². The van der Waals surface area contributed by atoms with Crippen LogP contribution in [0.15, 0.2) is 67.4 Å². The molecule has 0 aliphatic carbocycles. The monoisotopic (exact) mass is 493 g/mol. The fourth-order valence-electron chi connectivity index (χ4n) is 4.00. The number of carbonyl (C=O) groups is 1. The molecule has 2 N–H and O–H groups in total. The van der Waals surface area contributed by atoms with Crippen molar-refractivity contribution < 1.29 is 18.0 Å². The Balaban J connectivity index is 1.31. The lowest BCUT2D eigenvalue weighted by Gasteiger charge is -2.08. The first-order chi connectivity index (χ1) is 17.3. The number of aryl methyl sites for hydroxylation is 1. The van der Waals surface area contributed by atoms with Gasteiger partial charge in [-0.3, -0.25) is 14.2 Å². The third-order valence-corrected chi connectivity index (χ3v) is 5.74. The third kappa shape index (κ3) is 4.99. The van der Waals surface area contributed by atoms with Gasteiger partial charge < -0.3 is 10.3 Å². The molecular formula is C25H22F3N7O. The Hall–Kier alpha value is -4.41. The molecule has 0 aliphatic rings. The van der Waals surface area contributed by atoms with Gasteiger partial charge in [0.05, 0.1) is 24.8 Å². The Kier molecular flexibility index (Phi) is 6.05. The average molecular weight is 493 g/mol. The minimum Gasteiger partial charge on any atom is -0.348 e. The van der Waals surface area contributed by atoms with E-state index in [1.165, 1.54) is 0 Å². The summed E-state index contributed by atoms with van der Waals surface area (Å²) in [5, 5.41) is 11.3. The number of rotatable bonds is 7. The molecule has 8 nitrogen and oxygen atoms in total. The number of nitrogens with zero attached hydrogens (tertiary/aromatic N) is 5. The lowest BCUT2D eigenvalue weighted by molar-refractivity contribution is -0.141. The van der Waals surface area contributed by atoms with Gasteiger partial charge in [0.25, 0.3) is 5.91 Å². The predicted molar refractivity (Wildman–Crippen MR) is 126 cm³/mol. The number of halogens is 3. The van der Waals surface area contributed by atoms with Crippen molar-refractivity contribution in [1.29, 1.82) is 0 Å². The van der Waals surface area contributed by atoms with E-state index in [0.29, 0.717) is 12.2 Å². The number of amides is 1. The van der Waals surface area contributed by atoms with E-state index in [9.17, 15) is 18.0 Å². The van der Waals surface area contributed by atoms with Crippen molar-refractivity contribution in [2.45, 2.75) is 32.7 Å². The van der Waals surface area contributed by atoms with Crippen molar-refractivity contribution in [2.24, 2.45) is 0 Å². The molecule has 11 heteroatoms. The molecule has 36 heavy (non-hydrogen) atoms. The number of fused-ring (bicyclic) bond motifs is 1. The molecule has 0 spiro atoms.